The van der Waals surface area contributed by atoms with Crippen LogP contribution in [0.5, 0.6) is 5.75 Å². The molecule has 1 unspecified atom stereocenters. The van der Waals surface area contributed by atoms with Gasteiger partial charge in [0.05, 0.1) is 12.1 Å². The van der Waals surface area contributed by atoms with Gasteiger partial charge in [-0.05, 0) is 49.6 Å². The Bertz CT molecular complexity index is 787. The van der Waals surface area contributed by atoms with Crippen molar-refractivity contribution >= 4 is 47.4 Å². The number of aliphatic imine (C=N–C) groups is 1. The number of anilines is 1. The number of methoxy groups -OCH3 is 1. The smallest absolute Gasteiger partial charge is 0.191 e. The Morgan fingerprint density at radius 3 is 2.79 bits per heavy atom. The van der Waals surface area contributed by atoms with Gasteiger partial charge >= 0.3 is 0 Å². The molecule has 1 saturated heterocycles. The average Bonchev–Trinajstić information content (AvgIpc) is 3.17. The minimum Gasteiger partial charge on any atom is -0.497 e. The Kier molecular flexibility index (Phi) is 9.80. The molecule has 1 fully saturated rings. The van der Waals surface area contributed by atoms with E-state index in [-0.39, 0.29) is 24.0 Å². The first-order chi connectivity index (χ1) is 13.7. The number of hydrogen-bond acceptors (Lipinski definition) is 4. The van der Waals surface area contributed by atoms with Crippen molar-refractivity contribution in [2.24, 2.45) is 4.99 Å². The van der Waals surface area contributed by atoms with Crippen molar-refractivity contribution in [3.63, 3.8) is 0 Å². The molecule has 0 bridgehead atoms. The molecule has 1 aromatic carbocycles. The fourth-order valence-corrected chi connectivity index (χ4v) is 3.52. The molecule has 0 amide bonds. The van der Waals surface area contributed by atoms with Crippen molar-refractivity contribution < 1.29 is 4.74 Å². The predicted octanol–water partition coefficient (Wildman–Crippen LogP) is 3.74. The van der Waals surface area contributed by atoms with Crippen molar-refractivity contribution in [1.82, 2.24) is 15.6 Å². The summed E-state index contributed by atoms with van der Waals surface area (Å²) in [6.45, 7) is 5.43. The van der Waals surface area contributed by atoms with Crippen LogP contribution < -0.4 is 20.3 Å². The lowest BCUT2D eigenvalue weighted by Crippen LogP contribution is -2.44. The van der Waals surface area contributed by atoms with Crippen molar-refractivity contribution in [2.75, 3.05) is 38.2 Å². The summed E-state index contributed by atoms with van der Waals surface area (Å²) in [5.74, 6) is 2.59. The van der Waals surface area contributed by atoms with Crippen molar-refractivity contribution in [3.8, 4) is 5.75 Å². The molecule has 6 nitrogen and oxygen atoms in total. The van der Waals surface area contributed by atoms with Gasteiger partial charge in [0.1, 0.15) is 11.6 Å². The van der Waals surface area contributed by atoms with Crippen LogP contribution in [0.25, 0.3) is 0 Å². The van der Waals surface area contributed by atoms with E-state index < -0.39 is 0 Å². The second kappa shape index (κ2) is 12.1. The Morgan fingerprint density at radius 2 is 2.10 bits per heavy atom. The minimum atomic E-state index is 0. The summed E-state index contributed by atoms with van der Waals surface area (Å²) in [7, 11) is 1.68. The van der Waals surface area contributed by atoms with Gasteiger partial charge in [0.2, 0.25) is 0 Å². The van der Waals surface area contributed by atoms with Crippen LogP contribution in [-0.4, -0.2) is 50.3 Å². The van der Waals surface area contributed by atoms with Gasteiger partial charge in [0.15, 0.2) is 5.96 Å². The maximum Gasteiger partial charge on any atom is 0.191 e. The number of benzene rings is 1. The summed E-state index contributed by atoms with van der Waals surface area (Å²) in [4.78, 5) is 11.4. The van der Waals surface area contributed by atoms with Crippen LogP contribution >= 0.6 is 35.6 Å². The molecule has 2 heterocycles. The van der Waals surface area contributed by atoms with Crippen LogP contribution in [-0.2, 0) is 6.42 Å². The van der Waals surface area contributed by atoms with Gasteiger partial charge in [0.25, 0.3) is 0 Å². The highest BCUT2D eigenvalue weighted by atomic mass is 127. The molecule has 1 aliphatic rings. The summed E-state index contributed by atoms with van der Waals surface area (Å²) in [5.41, 5.74) is 1.25. The van der Waals surface area contributed by atoms with E-state index in [4.69, 9.17) is 21.3 Å². The standard InChI is InChI=1S/C21H28ClN5O.HI/c1-3-23-21(25-13-10-16-6-8-18(28-2)9-7-16)26-17-11-14-27(15-17)20-19(22)5-4-12-24-20;/h4-9,12,17H,3,10-11,13-15H2,1-2H3,(H2,23,25,26);1H. The van der Waals surface area contributed by atoms with Gasteiger partial charge in [-0.25, -0.2) is 4.98 Å². The summed E-state index contributed by atoms with van der Waals surface area (Å²) in [6, 6.07) is 12.2. The highest BCUT2D eigenvalue weighted by molar-refractivity contribution is 14.0. The van der Waals surface area contributed by atoms with Gasteiger partial charge in [-0.15, -0.1) is 24.0 Å². The Morgan fingerprint density at radius 1 is 1.31 bits per heavy atom. The summed E-state index contributed by atoms with van der Waals surface area (Å²) in [5, 5.41) is 7.58. The first-order valence-electron chi connectivity index (χ1n) is 9.73. The van der Waals surface area contributed by atoms with Gasteiger partial charge in [-0.1, -0.05) is 23.7 Å². The SMILES string of the molecule is CCNC(=NCCc1ccc(OC)cc1)NC1CCN(c2ncccc2Cl)C1.I. The van der Waals surface area contributed by atoms with Crippen LogP contribution in [0.3, 0.4) is 0 Å². The monoisotopic (exact) mass is 529 g/mol. The number of hydrogen-bond donors (Lipinski definition) is 2. The summed E-state index contributed by atoms with van der Waals surface area (Å²) < 4.78 is 5.20. The maximum atomic E-state index is 6.28. The van der Waals surface area contributed by atoms with E-state index in [1.807, 2.05) is 24.3 Å². The number of nitrogens with zero attached hydrogens (tertiary/aromatic N) is 3. The number of pyridine rings is 1. The van der Waals surface area contributed by atoms with E-state index in [1.54, 1.807) is 13.3 Å². The first-order valence-corrected chi connectivity index (χ1v) is 10.1. The number of guanidine groups is 1. The second-order valence-corrected chi connectivity index (χ2v) is 7.15. The van der Waals surface area contributed by atoms with E-state index in [1.165, 1.54) is 5.56 Å². The maximum absolute atomic E-state index is 6.28. The Hall–Kier alpha value is -1.74. The number of rotatable bonds is 7. The Balaban J connectivity index is 0.00000300. The van der Waals surface area contributed by atoms with Gasteiger partial charge in [0, 0.05) is 38.4 Å². The molecule has 1 aromatic heterocycles. The third-order valence-corrected chi connectivity index (χ3v) is 5.04. The zero-order valence-electron chi connectivity index (χ0n) is 16.9. The third-order valence-electron chi connectivity index (χ3n) is 4.74. The van der Waals surface area contributed by atoms with E-state index in [9.17, 15) is 0 Å². The highest BCUT2D eigenvalue weighted by Gasteiger charge is 2.25. The normalized spacial score (nSPS) is 16.3. The molecule has 0 radical (unpaired) electrons. The van der Waals surface area contributed by atoms with Crippen molar-refractivity contribution in [2.45, 2.75) is 25.8 Å². The lowest BCUT2D eigenvalue weighted by atomic mass is 10.1. The molecule has 3 rings (SSSR count). The summed E-state index contributed by atoms with van der Waals surface area (Å²) >= 11 is 6.28. The second-order valence-electron chi connectivity index (χ2n) is 6.74. The molecular weight excluding hydrogens is 501 g/mol. The molecule has 29 heavy (non-hydrogen) atoms. The largest absolute Gasteiger partial charge is 0.497 e. The fraction of sp³-hybridized carbons (Fsp3) is 0.429. The summed E-state index contributed by atoms with van der Waals surface area (Å²) in [6.07, 6.45) is 3.70. The van der Waals surface area contributed by atoms with Crippen molar-refractivity contribution in [3.05, 3.63) is 53.2 Å². The number of aromatic nitrogens is 1. The fourth-order valence-electron chi connectivity index (χ4n) is 3.28. The molecule has 0 aliphatic carbocycles. The van der Waals surface area contributed by atoms with E-state index in [0.29, 0.717) is 11.1 Å². The van der Waals surface area contributed by atoms with Crippen LogP contribution in [0.15, 0.2) is 47.6 Å². The Labute approximate surface area is 195 Å². The van der Waals surface area contributed by atoms with E-state index in [0.717, 1.165) is 56.5 Å². The number of halogens is 2. The molecule has 2 N–H and O–H groups in total. The zero-order valence-corrected chi connectivity index (χ0v) is 20.0. The molecule has 2 aromatic rings. The molecule has 0 spiro atoms. The quantitative estimate of drug-likeness (QED) is 0.325. The van der Waals surface area contributed by atoms with Gasteiger partial charge < -0.3 is 20.3 Å². The molecule has 158 valence electrons. The predicted molar refractivity (Wildman–Crippen MR) is 131 cm³/mol. The molecule has 1 atom stereocenters. The molecule has 0 saturated carbocycles. The first kappa shape index (κ1) is 23.5. The number of nitrogens with one attached hydrogen (secondary N) is 2. The zero-order chi connectivity index (χ0) is 19.8. The van der Waals surface area contributed by atoms with Crippen LogP contribution in [0.1, 0.15) is 18.9 Å². The molecular formula is C21H29ClIN5O. The molecule has 1 aliphatic heterocycles. The van der Waals surface area contributed by atoms with Crippen LogP contribution in [0.4, 0.5) is 5.82 Å². The minimum absolute atomic E-state index is 0. The lowest BCUT2D eigenvalue weighted by Gasteiger charge is -2.20. The van der Waals surface area contributed by atoms with E-state index in [2.05, 4.69) is 39.6 Å². The van der Waals surface area contributed by atoms with Crippen LogP contribution in [0, 0.1) is 0 Å². The number of ether oxygens (including phenoxy) is 1. The van der Waals surface area contributed by atoms with Crippen LogP contribution in [0.2, 0.25) is 5.02 Å². The lowest BCUT2D eigenvalue weighted by molar-refractivity contribution is 0.414. The van der Waals surface area contributed by atoms with E-state index >= 15 is 0 Å². The molecule has 8 heteroatoms. The van der Waals surface area contributed by atoms with Gasteiger partial charge in [-0.2, -0.15) is 0 Å². The van der Waals surface area contributed by atoms with Crippen molar-refractivity contribution in [1.29, 1.82) is 0 Å². The topological polar surface area (TPSA) is 61.8 Å². The average molecular weight is 530 g/mol. The highest BCUT2D eigenvalue weighted by Crippen LogP contribution is 2.25. The van der Waals surface area contributed by atoms with Gasteiger partial charge in [-0.3, -0.25) is 4.99 Å². The third kappa shape index (κ3) is 6.92.